The van der Waals surface area contributed by atoms with Crippen molar-refractivity contribution >= 4 is 44.6 Å². The Kier molecular flexibility index (Phi) is 6.87. The molecule has 1 atom stereocenters. The summed E-state index contributed by atoms with van der Waals surface area (Å²) in [7, 11) is -3.45. The van der Waals surface area contributed by atoms with Gasteiger partial charge in [-0.3, -0.25) is 9.52 Å². The number of aryl methyl sites for hydroxylation is 1. The van der Waals surface area contributed by atoms with Crippen LogP contribution in [0.2, 0.25) is 5.02 Å². The molecule has 0 radical (unpaired) electrons. The van der Waals surface area contributed by atoms with E-state index in [2.05, 4.69) is 15.4 Å². The highest BCUT2D eigenvalue weighted by Crippen LogP contribution is 2.29. The van der Waals surface area contributed by atoms with Crippen LogP contribution in [0.25, 0.3) is 0 Å². The molecule has 0 aliphatic carbocycles. The third-order valence-electron chi connectivity index (χ3n) is 4.69. The highest BCUT2D eigenvalue weighted by atomic mass is 35.5. The van der Waals surface area contributed by atoms with E-state index in [0.717, 1.165) is 17.5 Å². The summed E-state index contributed by atoms with van der Waals surface area (Å²) in [5.74, 6) is -0.369. The molecule has 0 bridgehead atoms. The van der Waals surface area contributed by atoms with Gasteiger partial charge < -0.3 is 10.6 Å². The molecule has 3 aromatic rings. The summed E-state index contributed by atoms with van der Waals surface area (Å²) < 4.78 is 25.5. The zero-order valence-electron chi connectivity index (χ0n) is 17.4. The van der Waals surface area contributed by atoms with Crippen LogP contribution < -0.4 is 15.4 Å². The van der Waals surface area contributed by atoms with Crippen molar-refractivity contribution in [1.82, 2.24) is 0 Å². The van der Waals surface area contributed by atoms with Gasteiger partial charge in [-0.15, -0.1) is 0 Å². The third-order valence-corrected chi connectivity index (χ3v) is 5.60. The van der Waals surface area contributed by atoms with Crippen LogP contribution in [0.5, 0.6) is 0 Å². The van der Waals surface area contributed by atoms with Crippen molar-refractivity contribution < 1.29 is 13.2 Å². The minimum atomic E-state index is -3.45. The molecule has 0 heterocycles. The summed E-state index contributed by atoms with van der Waals surface area (Å²) >= 11 is 6.42. The predicted octanol–water partition coefficient (Wildman–Crippen LogP) is 5.45. The fourth-order valence-corrected chi connectivity index (χ4v) is 3.90. The van der Waals surface area contributed by atoms with Crippen molar-refractivity contribution in [3.05, 3.63) is 88.4 Å². The van der Waals surface area contributed by atoms with Crippen molar-refractivity contribution in [1.29, 1.82) is 0 Å². The van der Waals surface area contributed by atoms with Crippen LogP contribution in [-0.2, 0) is 10.0 Å². The number of benzene rings is 3. The molecule has 3 N–H and O–H groups in total. The molecule has 1 amide bonds. The van der Waals surface area contributed by atoms with Crippen molar-refractivity contribution in [2.24, 2.45) is 0 Å². The first kappa shape index (κ1) is 22.7. The van der Waals surface area contributed by atoms with Gasteiger partial charge in [-0.1, -0.05) is 48.0 Å². The quantitative estimate of drug-likeness (QED) is 0.440. The van der Waals surface area contributed by atoms with E-state index in [1.807, 2.05) is 43.3 Å². The highest BCUT2D eigenvalue weighted by Gasteiger charge is 2.13. The maximum Gasteiger partial charge on any atom is 0.255 e. The number of rotatable bonds is 7. The summed E-state index contributed by atoms with van der Waals surface area (Å²) in [5, 5.41) is 6.63. The minimum absolute atomic E-state index is 0.0625. The molecule has 3 rings (SSSR count). The van der Waals surface area contributed by atoms with Crippen molar-refractivity contribution in [2.75, 3.05) is 21.6 Å². The number of carbonyl (C=O) groups excluding carboxylic acids is 1. The molecular formula is C23H24ClN3O3S. The maximum absolute atomic E-state index is 12.7. The zero-order valence-corrected chi connectivity index (χ0v) is 19.0. The fourth-order valence-electron chi connectivity index (χ4n) is 3.04. The van der Waals surface area contributed by atoms with Crippen LogP contribution in [0.4, 0.5) is 17.1 Å². The van der Waals surface area contributed by atoms with E-state index in [0.29, 0.717) is 27.5 Å². The topological polar surface area (TPSA) is 87.3 Å². The summed E-state index contributed by atoms with van der Waals surface area (Å²) in [6, 6.07) is 20.1. The van der Waals surface area contributed by atoms with E-state index in [-0.39, 0.29) is 11.9 Å². The number of carbonyl (C=O) groups is 1. The summed E-state index contributed by atoms with van der Waals surface area (Å²) in [6.07, 6.45) is 1.06. The molecule has 6 nitrogen and oxygen atoms in total. The molecule has 0 saturated heterocycles. The second-order valence-electron chi connectivity index (χ2n) is 7.33. The second-order valence-corrected chi connectivity index (χ2v) is 9.49. The van der Waals surface area contributed by atoms with Gasteiger partial charge in [0.15, 0.2) is 0 Å². The van der Waals surface area contributed by atoms with E-state index in [9.17, 15) is 13.2 Å². The van der Waals surface area contributed by atoms with Gasteiger partial charge in [0.25, 0.3) is 5.91 Å². The molecular weight excluding hydrogens is 434 g/mol. The lowest BCUT2D eigenvalue weighted by molar-refractivity contribution is 0.102. The molecule has 8 heteroatoms. The summed E-state index contributed by atoms with van der Waals surface area (Å²) in [4.78, 5) is 12.7. The van der Waals surface area contributed by atoms with E-state index in [1.165, 1.54) is 6.07 Å². The minimum Gasteiger partial charge on any atom is -0.377 e. The summed E-state index contributed by atoms with van der Waals surface area (Å²) in [6.45, 7) is 3.80. The number of nitrogens with one attached hydrogen (secondary N) is 3. The second kappa shape index (κ2) is 9.41. The molecule has 0 unspecified atom stereocenters. The van der Waals surface area contributed by atoms with Gasteiger partial charge >= 0.3 is 0 Å². The number of halogens is 1. The van der Waals surface area contributed by atoms with Gasteiger partial charge in [0.05, 0.1) is 22.7 Å². The molecule has 0 spiro atoms. The number of hydrogen-bond acceptors (Lipinski definition) is 4. The lowest BCUT2D eigenvalue weighted by Gasteiger charge is -2.17. The average molecular weight is 458 g/mol. The zero-order chi connectivity index (χ0) is 22.6. The molecule has 0 aliphatic heterocycles. The number of amides is 1. The molecule has 0 aliphatic rings. The van der Waals surface area contributed by atoms with E-state index < -0.39 is 10.0 Å². The van der Waals surface area contributed by atoms with Gasteiger partial charge in [-0.2, -0.15) is 0 Å². The SMILES string of the molecule is Cc1ccc(C(=O)Nc2ccc(N[C@@H](C)c3ccccc3)c(Cl)c2)cc1NS(C)(=O)=O. The normalized spacial score (nSPS) is 12.1. The van der Waals surface area contributed by atoms with Gasteiger partial charge in [0.1, 0.15) is 0 Å². The van der Waals surface area contributed by atoms with Gasteiger partial charge in [0, 0.05) is 17.3 Å². The maximum atomic E-state index is 12.7. The average Bonchev–Trinajstić information content (AvgIpc) is 2.71. The Morgan fingerprint density at radius 2 is 1.68 bits per heavy atom. The Morgan fingerprint density at radius 1 is 0.968 bits per heavy atom. The first-order valence-electron chi connectivity index (χ1n) is 9.63. The molecule has 31 heavy (non-hydrogen) atoms. The Morgan fingerprint density at radius 3 is 2.32 bits per heavy atom. The largest absolute Gasteiger partial charge is 0.377 e. The molecule has 3 aromatic carbocycles. The first-order valence-corrected chi connectivity index (χ1v) is 11.9. The number of hydrogen-bond donors (Lipinski definition) is 3. The van der Waals surface area contributed by atoms with Gasteiger partial charge in [-0.05, 0) is 55.3 Å². The smallest absolute Gasteiger partial charge is 0.255 e. The summed E-state index contributed by atoms with van der Waals surface area (Å²) in [5.41, 5.74) is 3.83. The first-order chi connectivity index (χ1) is 14.6. The molecule has 0 aromatic heterocycles. The number of anilines is 3. The van der Waals surface area contributed by atoms with E-state index in [4.69, 9.17) is 11.6 Å². The van der Waals surface area contributed by atoms with Crippen LogP contribution >= 0.6 is 11.6 Å². The van der Waals surface area contributed by atoms with Crippen LogP contribution in [0.15, 0.2) is 66.7 Å². The monoisotopic (exact) mass is 457 g/mol. The number of sulfonamides is 1. The van der Waals surface area contributed by atoms with E-state index >= 15 is 0 Å². The Labute approximate surface area is 187 Å². The Hall–Kier alpha value is -3.03. The Bertz CT molecular complexity index is 1200. The standard InChI is InChI=1S/C23H24ClN3O3S/c1-15-9-10-18(13-22(15)27-31(3,29)30)23(28)26-19-11-12-21(20(24)14-19)25-16(2)17-7-5-4-6-8-17/h4-14,16,25,27H,1-3H3,(H,26,28)/t16-/m0/s1. The van der Waals surface area contributed by atoms with Crippen LogP contribution in [0, 0.1) is 6.92 Å². The lowest BCUT2D eigenvalue weighted by atomic mass is 10.1. The Balaban J connectivity index is 1.72. The highest BCUT2D eigenvalue weighted by molar-refractivity contribution is 7.92. The van der Waals surface area contributed by atoms with Crippen molar-refractivity contribution in [2.45, 2.75) is 19.9 Å². The fraction of sp³-hybridized carbons (Fsp3) is 0.174. The van der Waals surface area contributed by atoms with Crippen LogP contribution in [-0.4, -0.2) is 20.6 Å². The van der Waals surface area contributed by atoms with Gasteiger partial charge in [-0.25, -0.2) is 8.42 Å². The molecule has 162 valence electrons. The van der Waals surface area contributed by atoms with Crippen LogP contribution in [0.1, 0.15) is 34.5 Å². The third kappa shape index (κ3) is 6.23. The van der Waals surface area contributed by atoms with E-state index in [1.54, 1.807) is 31.2 Å². The lowest BCUT2D eigenvalue weighted by Crippen LogP contribution is -2.15. The molecule has 0 saturated carbocycles. The predicted molar refractivity (Wildman–Crippen MR) is 128 cm³/mol. The van der Waals surface area contributed by atoms with Gasteiger partial charge in [0.2, 0.25) is 10.0 Å². The van der Waals surface area contributed by atoms with Crippen molar-refractivity contribution in [3.63, 3.8) is 0 Å². The van der Waals surface area contributed by atoms with Crippen molar-refractivity contribution in [3.8, 4) is 0 Å². The van der Waals surface area contributed by atoms with Crippen LogP contribution in [0.3, 0.4) is 0 Å². The molecule has 0 fully saturated rings.